The lowest BCUT2D eigenvalue weighted by atomic mass is 10.2. The highest BCUT2D eigenvalue weighted by molar-refractivity contribution is 4.93. The van der Waals surface area contributed by atoms with E-state index in [0.29, 0.717) is 6.04 Å². The van der Waals surface area contributed by atoms with Crippen molar-refractivity contribution in [3.05, 3.63) is 18.2 Å². The van der Waals surface area contributed by atoms with Crippen molar-refractivity contribution < 1.29 is 0 Å². The number of hydrogen-bond acceptors (Lipinski definition) is 2. The fraction of sp³-hybridized carbons (Fsp3) is 0.667. The van der Waals surface area contributed by atoms with Gasteiger partial charge in [0, 0.05) is 31.9 Å². The molecule has 0 aliphatic carbocycles. The van der Waals surface area contributed by atoms with Gasteiger partial charge in [-0.1, -0.05) is 6.92 Å². The third-order valence-electron chi connectivity index (χ3n) is 1.96. The maximum absolute atomic E-state index is 4.26. The van der Waals surface area contributed by atoms with Crippen molar-refractivity contribution in [1.82, 2.24) is 14.9 Å². The van der Waals surface area contributed by atoms with Crippen LogP contribution < -0.4 is 5.32 Å². The average molecular weight is 167 g/mol. The Labute approximate surface area is 73.8 Å². The average Bonchev–Trinajstić information content (AvgIpc) is 2.37. The maximum atomic E-state index is 4.26. The third-order valence-corrected chi connectivity index (χ3v) is 1.96. The van der Waals surface area contributed by atoms with Crippen LogP contribution in [0.2, 0.25) is 0 Å². The number of aryl methyl sites for hydroxylation is 1. The van der Waals surface area contributed by atoms with Gasteiger partial charge in [0.2, 0.25) is 0 Å². The standard InChI is InChI=1S/C9H17N3/c1-4-10-8(2)7-9-11-5-6-12(9)3/h5-6,8,10H,4,7H2,1-3H3. The van der Waals surface area contributed by atoms with Gasteiger partial charge in [-0.05, 0) is 13.5 Å². The Morgan fingerprint density at radius 3 is 2.92 bits per heavy atom. The van der Waals surface area contributed by atoms with Gasteiger partial charge in [0.25, 0.3) is 0 Å². The second kappa shape index (κ2) is 4.26. The smallest absolute Gasteiger partial charge is 0.109 e. The minimum atomic E-state index is 0.510. The molecule has 1 aromatic rings. The van der Waals surface area contributed by atoms with Gasteiger partial charge in [-0.15, -0.1) is 0 Å². The number of nitrogens with zero attached hydrogens (tertiary/aromatic N) is 2. The molecule has 0 amide bonds. The number of likely N-dealkylation sites (N-methyl/N-ethyl adjacent to an activating group) is 1. The molecule has 1 heterocycles. The Kier molecular flexibility index (Phi) is 3.29. The zero-order valence-corrected chi connectivity index (χ0v) is 8.04. The largest absolute Gasteiger partial charge is 0.338 e. The fourth-order valence-corrected chi connectivity index (χ4v) is 1.29. The maximum Gasteiger partial charge on any atom is 0.109 e. The molecule has 0 spiro atoms. The van der Waals surface area contributed by atoms with Crippen LogP contribution >= 0.6 is 0 Å². The molecule has 0 aliphatic rings. The highest BCUT2D eigenvalue weighted by atomic mass is 15.0. The molecule has 0 bridgehead atoms. The minimum absolute atomic E-state index is 0.510. The van der Waals surface area contributed by atoms with Crippen molar-refractivity contribution in [3.8, 4) is 0 Å². The molecule has 1 unspecified atom stereocenters. The lowest BCUT2D eigenvalue weighted by Crippen LogP contribution is -2.28. The van der Waals surface area contributed by atoms with Crippen LogP contribution in [0.1, 0.15) is 19.7 Å². The molecule has 1 N–H and O–H groups in total. The topological polar surface area (TPSA) is 29.9 Å². The van der Waals surface area contributed by atoms with E-state index in [9.17, 15) is 0 Å². The molecule has 1 aromatic heterocycles. The molecule has 3 nitrogen and oxygen atoms in total. The van der Waals surface area contributed by atoms with Crippen molar-refractivity contribution in [2.24, 2.45) is 7.05 Å². The molecular weight excluding hydrogens is 150 g/mol. The van der Waals surface area contributed by atoms with Crippen LogP contribution in [0.3, 0.4) is 0 Å². The predicted octanol–water partition coefficient (Wildman–Crippen LogP) is 0.961. The number of imidazole rings is 1. The van der Waals surface area contributed by atoms with Gasteiger partial charge in [0.1, 0.15) is 5.82 Å². The first-order chi connectivity index (χ1) is 5.74. The van der Waals surface area contributed by atoms with E-state index in [2.05, 4.69) is 28.7 Å². The summed E-state index contributed by atoms with van der Waals surface area (Å²) in [5.41, 5.74) is 0. The van der Waals surface area contributed by atoms with E-state index < -0.39 is 0 Å². The molecule has 0 saturated carbocycles. The van der Waals surface area contributed by atoms with E-state index in [1.54, 1.807) is 0 Å². The van der Waals surface area contributed by atoms with Crippen molar-refractivity contribution in [1.29, 1.82) is 0 Å². The van der Waals surface area contributed by atoms with Crippen molar-refractivity contribution in [3.63, 3.8) is 0 Å². The van der Waals surface area contributed by atoms with Crippen molar-refractivity contribution in [2.75, 3.05) is 6.54 Å². The minimum Gasteiger partial charge on any atom is -0.338 e. The third kappa shape index (κ3) is 2.34. The number of nitrogens with one attached hydrogen (secondary N) is 1. The second-order valence-electron chi connectivity index (χ2n) is 3.12. The van der Waals surface area contributed by atoms with Gasteiger partial charge in [-0.25, -0.2) is 4.98 Å². The molecule has 1 atom stereocenters. The highest BCUT2D eigenvalue weighted by Gasteiger charge is 2.04. The molecule has 3 heteroatoms. The Balaban J connectivity index is 2.46. The van der Waals surface area contributed by atoms with E-state index in [1.165, 1.54) is 0 Å². The molecule has 1 rings (SSSR count). The molecule has 12 heavy (non-hydrogen) atoms. The summed E-state index contributed by atoms with van der Waals surface area (Å²) in [5, 5.41) is 3.36. The van der Waals surface area contributed by atoms with Crippen LogP contribution in [0.4, 0.5) is 0 Å². The van der Waals surface area contributed by atoms with Crippen molar-refractivity contribution >= 4 is 0 Å². The zero-order chi connectivity index (χ0) is 8.97. The molecule has 0 saturated heterocycles. The van der Waals surface area contributed by atoms with Gasteiger partial charge < -0.3 is 9.88 Å². The quantitative estimate of drug-likeness (QED) is 0.724. The Morgan fingerprint density at radius 2 is 2.42 bits per heavy atom. The van der Waals surface area contributed by atoms with Gasteiger partial charge in [0.05, 0.1) is 0 Å². The Morgan fingerprint density at radius 1 is 1.67 bits per heavy atom. The molecule has 68 valence electrons. The van der Waals surface area contributed by atoms with E-state index >= 15 is 0 Å². The lowest BCUT2D eigenvalue weighted by Gasteiger charge is -2.11. The van der Waals surface area contributed by atoms with E-state index in [4.69, 9.17) is 0 Å². The SMILES string of the molecule is CCNC(C)Cc1nccn1C. The van der Waals surface area contributed by atoms with Crippen LogP contribution in [-0.4, -0.2) is 22.1 Å². The normalized spacial score (nSPS) is 13.2. The summed E-state index contributed by atoms with van der Waals surface area (Å²) in [6.07, 6.45) is 4.82. The monoisotopic (exact) mass is 167 g/mol. The van der Waals surface area contributed by atoms with Gasteiger partial charge in [-0.2, -0.15) is 0 Å². The fourth-order valence-electron chi connectivity index (χ4n) is 1.29. The summed E-state index contributed by atoms with van der Waals surface area (Å²) in [4.78, 5) is 4.26. The van der Waals surface area contributed by atoms with Gasteiger partial charge in [0.15, 0.2) is 0 Å². The first kappa shape index (κ1) is 9.26. The van der Waals surface area contributed by atoms with Crippen molar-refractivity contribution in [2.45, 2.75) is 26.3 Å². The second-order valence-corrected chi connectivity index (χ2v) is 3.12. The summed E-state index contributed by atoms with van der Waals surface area (Å²) in [7, 11) is 2.03. The first-order valence-electron chi connectivity index (χ1n) is 4.43. The van der Waals surface area contributed by atoms with Crippen LogP contribution in [0.25, 0.3) is 0 Å². The number of hydrogen-bond donors (Lipinski definition) is 1. The molecule has 0 aliphatic heterocycles. The number of aromatic nitrogens is 2. The van der Waals surface area contributed by atoms with E-state index in [0.717, 1.165) is 18.8 Å². The Hall–Kier alpha value is -0.830. The highest BCUT2D eigenvalue weighted by Crippen LogP contribution is 1.98. The molecular formula is C9H17N3. The summed E-state index contributed by atoms with van der Waals surface area (Å²) < 4.78 is 2.06. The summed E-state index contributed by atoms with van der Waals surface area (Å²) >= 11 is 0. The zero-order valence-electron chi connectivity index (χ0n) is 8.04. The molecule has 0 aromatic carbocycles. The first-order valence-corrected chi connectivity index (χ1v) is 4.43. The summed E-state index contributed by atoms with van der Waals surface area (Å²) in [6, 6.07) is 0.510. The summed E-state index contributed by atoms with van der Waals surface area (Å²) in [5.74, 6) is 1.14. The van der Waals surface area contributed by atoms with E-state index in [-0.39, 0.29) is 0 Å². The van der Waals surface area contributed by atoms with E-state index in [1.807, 2.05) is 19.4 Å². The van der Waals surface area contributed by atoms with Crippen LogP contribution in [0.5, 0.6) is 0 Å². The van der Waals surface area contributed by atoms with Crippen LogP contribution in [0.15, 0.2) is 12.4 Å². The molecule has 0 fully saturated rings. The lowest BCUT2D eigenvalue weighted by molar-refractivity contribution is 0.543. The van der Waals surface area contributed by atoms with Gasteiger partial charge in [-0.3, -0.25) is 0 Å². The predicted molar refractivity (Wildman–Crippen MR) is 50.1 cm³/mol. The van der Waals surface area contributed by atoms with Crippen LogP contribution in [0, 0.1) is 0 Å². The Bertz CT molecular complexity index is 229. The summed E-state index contributed by atoms with van der Waals surface area (Å²) in [6.45, 7) is 5.32. The number of rotatable bonds is 4. The van der Waals surface area contributed by atoms with Gasteiger partial charge >= 0.3 is 0 Å². The van der Waals surface area contributed by atoms with Crippen LogP contribution in [-0.2, 0) is 13.5 Å². The molecule has 0 radical (unpaired) electrons.